The first-order valence-corrected chi connectivity index (χ1v) is 7.72. The monoisotopic (exact) mass is 322 g/mol. The van der Waals surface area contributed by atoms with Crippen molar-refractivity contribution < 1.29 is 27.4 Å². The highest BCUT2D eigenvalue weighted by Crippen LogP contribution is 2.17. The zero-order valence-corrected chi connectivity index (χ0v) is 13.7. The molecule has 0 aliphatic rings. The van der Waals surface area contributed by atoms with Crippen LogP contribution in [0.15, 0.2) is 9.64 Å². The topological polar surface area (TPSA) is 86.9 Å². The van der Waals surface area contributed by atoms with E-state index in [1.54, 1.807) is 4.90 Å². The van der Waals surface area contributed by atoms with Crippen LogP contribution in [0.2, 0.25) is 0 Å². The van der Waals surface area contributed by atoms with Crippen LogP contribution in [0.5, 0.6) is 0 Å². The molecule has 0 spiro atoms. The normalized spacial score (nSPS) is 10.2. The largest absolute Gasteiger partial charge is 1.00 e. The average Bonchev–Trinajstić information content (AvgIpc) is 2.86. The van der Waals surface area contributed by atoms with Crippen LogP contribution in [0.3, 0.4) is 0 Å². The molecule has 1 aromatic heterocycles. The molecule has 0 bridgehead atoms. The van der Waals surface area contributed by atoms with Gasteiger partial charge < -0.3 is 27.5 Å². The lowest BCUT2D eigenvalue weighted by molar-refractivity contribution is -0.368. The summed E-state index contributed by atoms with van der Waals surface area (Å²) in [5.41, 5.74) is 3.79. The van der Waals surface area contributed by atoms with Crippen molar-refractivity contribution in [1.82, 2.24) is 15.1 Å². The Bertz CT molecular complexity index is 385. The number of carbonyl (C=O) groups is 1. The van der Waals surface area contributed by atoms with Gasteiger partial charge in [-0.05, 0) is 26.7 Å². The van der Waals surface area contributed by atoms with Crippen molar-refractivity contribution in [3.05, 3.63) is 5.89 Å². The lowest BCUT2D eigenvalue weighted by Gasteiger charge is -2.17. The third-order valence-corrected chi connectivity index (χ3v) is 3.58. The number of rotatable bonds is 9. The molecule has 0 saturated heterocycles. The number of carbonyl (C=O) groups excluding carboxylic acids is 1. The van der Waals surface area contributed by atoms with Gasteiger partial charge in [0.05, 0.1) is 12.3 Å². The van der Waals surface area contributed by atoms with Crippen molar-refractivity contribution in [2.75, 3.05) is 25.4 Å². The fraction of sp³-hybridized carbons (Fsp3) is 0.750. The molecule has 8 heteroatoms. The molecule has 6 nitrogen and oxygen atoms in total. The Labute approximate surface area is 130 Å². The summed E-state index contributed by atoms with van der Waals surface area (Å²) >= 11 is 1.30. The van der Waals surface area contributed by atoms with E-state index in [-0.39, 0.29) is 18.3 Å². The van der Waals surface area contributed by atoms with Crippen molar-refractivity contribution in [3.63, 3.8) is 0 Å². The SMILES string of the molecule is CCN(CC)C(=O)CSc1nnc(CCCC[NH3+])o1.[Cl-]. The Kier molecular flexibility index (Phi) is 10.5. The van der Waals surface area contributed by atoms with Gasteiger partial charge in [-0.25, -0.2) is 0 Å². The molecular formula is C12H23ClN4O2S. The summed E-state index contributed by atoms with van der Waals surface area (Å²) in [6, 6.07) is 0. The Hall–Kier alpha value is -0.790. The third kappa shape index (κ3) is 6.58. The minimum atomic E-state index is 0. The number of aryl methyl sites for hydroxylation is 1. The number of hydrogen-bond donors (Lipinski definition) is 1. The van der Waals surface area contributed by atoms with Crippen LogP contribution in [0.4, 0.5) is 0 Å². The van der Waals surface area contributed by atoms with E-state index in [2.05, 4.69) is 15.9 Å². The van der Waals surface area contributed by atoms with E-state index in [4.69, 9.17) is 4.42 Å². The molecule has 0 aliphatic carbocycles. The zero-order valence-electron chi connectivity index (χ0n) is 12.1. The van der Waals surface area contributed by atoms with Gasteiger partial charge >= 0.3 is 0 Å². The predicted octanol–water partition coefficient (Wildman–Crippen LogP) is -2.40. The predicted molar refractivity (Wildman–Crippen MR) is 73.6 cm³/mol. The molecule has 0 saturated carbocycles. The quantitative estimate of drug-likeness (QED) is 0.404. The van der Waals surface area contributed by atoms with E-state index in [0.717, 1.165) is 38.9 Å². The molecule has 20 heavy (non-hydrogen) atoms. The first-order chi connectivity index (χ1) is 9.21. The van der Waals surface area contributed by atoms with Crippen LogP contribution < -0.4 is 18.1 Å². The van der Waals surface area contributed by atoms with Crippen molar-refractivity contribution >= 4 is 17.7 Å². The fourth-order valence-electron chi connectivity index (χ4n) is 1.64. The smallest absolute Gasteiger partial charge is 0.277 e. The summed E-state index contributed by atoms with van der Waals surface area (Å²) in [6.07, 6.45) is 2.85. The Morgan fingerprint density at radius 2 is 2.00 bits per heavy atom. The van der Waals surface area contributed by atoms with E-state index < -0.39 is 0 Å². The molecule has 1 rings (SSSR count). The van der Waals surface area contributed by atoms with Gasteiger partial charge in [0.25, 0.3) is 5.22 Å². The van der Waals surface area contributed by atoms with Gasteiger partial charge in [0.1, 0.15) is 0 Å². The van der Waals surface area contributed by atoms with Crippen LogP contribution >= 0.6 is 11.8 Å². The van der Waals surface area contributed by atoms with Gasteiger partial charge in [0.2, 0.25) is 11.8 Å². The van der Waals surface area contributed by atoms with E-state index in [9.17, 15) is 4.79 Å². The fourth-order valence-corrected chi connectivity index (χ4v) is 2.32. The highest BCUT2D eigenvalue weighted by atomic mass is 35.5. The van der Waals surface area contributed by atoms with E-state index in [1.807, 2.05) is 13.8 Å². The Morgan fingerprint density at radius 3 is 2.60 bits per heavy atom. The molecule has 0 aromatic carbocycles. The molecule has 0 unspecified atom stereocenters. The Morgan fingerprint density at radius 1 is 1.30 bits per heavy atom. The van der Waals surface area contributed by atoms with E-state index in [0.29, 0.717) is 16.9 Å². The van der Waals surface area contributed by atoms with Crippen LogP contribution in [0.25, 0.3) is 0 Å². The van der Waals surface area contributed by atoms with Gasteiger partial charge in [-0.1, -0.05) is 11.8 Å². The first-order valence-electron chi connectivity index (χ1n) is 6.73. The van der Waals surface area contributed by atoms with Crippen molar-refractivity contribution in [1.29, 1.82) is 0 Å². The molecule has 0 aliphatic heterocycles. The van der Waals surface area contributed by atoms with E-state index in [1.165, 1.54) is 11.8 Å². The molecule has 0 fully saturated rings. The van der Waals surface area contributed by atoms with Gasteiger partial charge in [0.15, 0.2) is 0 Å². The maximum absolute atomic E-state index is 11.8. The van der Waals surface area contributed by atoms with Gasteiger partial charge in [-0.3, -0.25) is 4.79 Å². The molecule has 116 valence electrons. The molecule has 3 N–H and O–H groups in total. The summed E-state index contributed by atoms with van der Waals surface area (Å²) in [5.74, 6) is 1.10. The first kappa shape index (κ1) is 19.2. The molecule has 0 atom stereocenters. The number of quaternary nitrogens is 1. The number of halogens is 1. The van der Waals surface area contributed by atoms with E-state index >= 15 is 0 Å². The number of aromatic nitrogens is 2. The highest BCUT2D eigenvalue weighted by molar-refractivity contribution is 7.99. The summed E-state index contributed by atoms with van der Waals surface area (Å²) in [6.45, 7) is 6.33. The highest BCUT2D eigenvalue weighted by Gasteiger charge is 2.13. The molecule has 1 amide bonds. The maximum atomic E-state index is 11.8. The van der Waals surface area contributed by atoms with Crippen LogP contribution in [-0.4, -0.2) is 46.4 Å². The second-order valence-electron chi connectivity index (χ2n) is 4.13. The second-order valence-corrected chi connectivity index (χ2v) is 5.05. The molecule has 1 heterocycles. The number of thioether (sulfide) groups is 1. The van der Waals surface area contributed by atoms with Crippen molar-refractivity contribution in [2.24, 2.45) is 0 Å². The van der Waals surface area contributed by atoms with Crippen LogP contribution in [0.1, 0.15) is 32.6 Å². The van der Waals surface area contributed by atoms with Crippen molar-refractivity contribution in [2.45, 2.75) is 38.3 Å². The van der Waals surface area contributed by atoms with Gasteiger partial charge in [0, 0.05) is 19.5 Å². The minimum Gasteiger partial charge on any atom is -1.00 e. The third-order valence-electron chi connectivity index (χ3n) is 2.77. The molecule has 0 radical (unpaired) electrons. The van der Waals surface area contributed by atoms with Gasteiger partial charge in [-0.15, -0.1) is 10.2 Å². The summed E-state index contributed by atoms with van der Waals surface area (Å²) in [5, 5.41) is 8.38. The molecule has 1 aromatic rings. The van der Waals surface area contributed by atoms with Gasteiger partial charge in [-0.2, -0.15) is 0 Å². The zero-order chi connectivity index (χ0) is 14.1. The number of amides is 1. The van der Waals surface area contributed by atoms with Crippen LogP contribution in [-0.2, 0) is 11.2 Å². The second kappa shape index (κ2) is 10.9. The van der Waals surface area contributed by atoms with Crippen molar-refractivity contribution in [3.8, 4) is 0 Å². The Balaban J connectivity index is 0.00000361. The summed E-state index contributed by atoms with van der Waals surface area (Å²) in [7, 11) is 0. The minimum absolute atomic E-state index is 0. The molecular weight excluding hydrogens is 300 g/mol. The maximum Gasteiger partial charge on any atom is 0.277 e. The lowest BCUT2D eigenvalue weighted by Crippen LogP contribution is -3.00. The lowest BCUT2D eigenvalue weighted by atomic mass is 10.2. The average molecular weight is 323 g/mol. The number of unbranched alkanes of at least 4 members (excludes halogenated alkanes) is 1. The summed E-state index contributed by atoms with van der Waals surface area (Å²) < 4.78 is 5.48. The number of hydrogen-bond acceptors (Lipinski definition) is 5. The van der Waals surface area contributed by atoms with Crippen LogP contribution in [0, 0.1) is 0 Å². The number of nitrogens with zero attached hydrogens (tertiary/aromatic N) is 3. The standard InChI is InChI=1S/C12H22N4O2S.ClH/c1-3-16(4-2)11(17)9-19-12-15-14-10(18-12)7-5-6-8-13;/h3-9,13H2,1-2H3;1H. The summed E-state index contributed by atoms with van der Waals surface area (Å²) in [4.78, 5) is 13.6.